The van der Waals surface area contributed by atoms with Gasteiger partial charge in [0.2, 0.25) is 0 Å². The summed E-state index contributed by atoms with van der Waals surface area (Å²) < 4.78 is 5.03. The second-order valence-corrected chi connectivity index (χ2v) is 4.81. The molecule has 1 N–H and O–H groups in total. The van der Waals surface area contributed by atoms with Gasteiger partial charge < -0.3 is 14.6 Å². The van der Waals surface area contributed by atoms with Crippen molar-refractivity contribution in [3.63, 3.8) is 0 Å². The van der Waals surface area contributed by atoms with Crippen LogP contribution in [0.5, 0.6) is 0 Å². The molecule has 0 unspecified atom stereocenters. The normalized spacial score (nSPS) is 10.7. The van der Waals surface area contributed by atoms with Gasteiger partial charge in [-0.25, -0.2) is 0 Å². The van der Waals surface area contributed by atoms with E-state index in [-0.39, 0.29) is 5.91 Å². The lowest BCUT2D eigenvalue weighted by atomic mass is 10.2. The van der Waals surface area contributed by atoms with E-state index in [1.54, 1.807) is 12.1 Å². The Labute approximate surface area is 119 Å². The van der Waals surface area contributed by atoms with Crippen LogP contribution in [0.4, 0.5) is 0 Å². The van der Waals surface area contributed by atoms with E-state index >= 15 is 0 Å². The van der Waals surface area contributed by atoms with E-state index in [2.05, 4.69) is 29.4 Å². The van der Waals surface area contributed by atoms with Crippen LogP contribution in [0.25, 0.3) is 0 Å². The summed E-state index contributed by atoms with van der Waals surface area (Å²) >= 11 is 0. The number of hydrogen-bond acceptors (Lipinski definition) is 3. The number of furan rings is 1. The Morgan fingerprint density at radius 3 is 2.70 bits per heavy atom. The van der Waals surface area contributed by atoms with Crippen LogP contribution in [0.1, 0.15) is 22.5 Å². The number of nitrogens with zero attached hydrogens (tertiary/aromatic N) is 1. The van der Waals surface area contributed by atoms with Crippen molar-refractivity contribution in [1.82, 2.24) is 10.2 Å². The van der Waals surface area contributed by atoms with Gasteiger partial charge >= 0.3 is 0 Å². The highest BCUT2D eigenvalue weighted by Gasteiger charge is 2.07. The summed E-state index contributed by atoms with van der Waals surface area (Å²) in [7, 11) is 2.08. The molecule has 20 heavy (non-hydrogen) atoms. The average Bonchev–Trinajstić information content (AvgIpc) is 2.99. The number of carbonyl (C=O) groups excluding carboxylic acids is 1. The van der Waals surface area contributed by atoms with Crippen molar-refractivity contribution in [3.8, 4) is 0 Å². The van der Waals surface area contributed by atoms with Crippen LogP contribution in [0.3, 0.4) is 0 Å². The first-order valence-electron chi connectivity index (χ1n) is 6.80. The molecule has 1 aromatic carbocycles. The fourth-order valence-corrected chi connectivity index (χ4v) is 2.02. The first-order valence-corrected chi connectivity index (χ1v) is 6.80. The van der Waals surface area contributed by atoms with E-state index in [1.807, 2.05) is 18.2 Å². The molecule has 1 heterocycles. The number of nitrogens with one attached hydrogen (secondary N) is 1. The van der Waals surface area contributed by atoms with Crippen molar-refractivity contribution >= 4 is 5.91 Å². The van der Waals surface area contributed by atoms with E-state index in [1.165, 1.54) is 11.8 Å². The summed E-state index contributed by atoms with van der Waals surface area (Å²) in [6.07, 6.45) is 2.42. The standard InChI is InChI=1S/C16H20N2O2/c1-18(13-14-7-3-2-4-8-14)11-6-10-17-16(19)15-9-5-12-20-15/h2-5,7-9,12H,6,10-11,13H2,1H3,(H,17,19). The van der Waals surface area contributed by atoms with Gasteiger partial charge in [0.1, 0.15) is 0 Å². The number of hydrogen-bond donors (Lipinski definition) is 1. The molecule has 0 aliphatic rings. The second-order valence-electron chi connectivity index (χ2n) is 4.81. The van der Waals surface area contributed by atoms with E-state index in [4.69, 9.17) is 4.42 Å². The van der Waals surface area contributed by atoms with Crippen LogP contribution in [-0.2, 0) is 6.54 Å². The molecule has 1 amide bonds. The molecule has 106 valence electrons. The van der Waals surface area contributed by atoms with Crippen molar-refractivity contribution in [2.45, 2.75) is 13.0 Å². The van der Waals surface area contributed by atoms with Crippen molar-refractivity contribution in [3.05, 3.63) is 60.1 Å². The van der Waals surface area contributed by atoms with Gasteiger partial charge in [-0.05, 0) is 37.7 Å². The van der Waals surface area contributed by atoms with E-state index in [9.17, 15) is 4.79 Å². The molecule has 2 rings (SSSR count). The Bertz CT molecular complexity index is 509. The molecular formula is C16H20N2O2. The summed E-state index contributed by atoms with van der Waals surface area (Å²) in [5, 5.41) is 2.84. The molecule has 4 nitrogen and oxygen atoms in total. The molecule has 0 spiro atoms. The Balaban J connectivity index is 1.62. The van der Waals surface area contributed by atoms with Crippen LogP contribution >= 0.6 is 0 Å². The minimum Gasteiger partial charge on any atom is -0.459 e. The minimum absolute atomic E-state index is 0.152. The average molecular weight is 272 g/mol. The molecule has 0 saturated carbocycles. The maximum absolute atomic E-state index is 11.6. The molecule has 0 fully saturated rings. The summed E-state index contributed by atoms with van der Waals surface area (Å²) in [5.41, 5.74) is 1.30. The fraction of sp³-hybridized carbons (Fsp3) is 0.312. The quantitative estimate of drug-likeness (QED) is 0.788. The summed E-state index contributed by atoms with van der Waals surface area (Å²) in [4.78, 5) is 13.9. The van der Waals surface area contributed by atoms with Crippen LogP contribution in [0, 0.1) is 0 Å². The molecule has 0 aliphatic carbocycles. The van der Waals surface area contributed by atoms with Crippen molar-refractivity contribution in [2.24, 2.45) is 0 Å². The number of rotatable bonds is 7. The zero-order valence-electron chi connectivity index (χ0n) is 11.7. The molecule has 4 heteroatoms. The highest BCUT2D eigenvalue weighted by atomic mass is 16.3. The predicted molar refractivity (Wildman–Crippen MR) is 78.4 cm³/mol. The predicted octanol–water partition coefficient (Wildman–Crippen LogP) is 2.53. The third kappa shape index (κ3) is 4.55. The lowest BCUT2D eigenvalue weighted by Crippen LogP contribution is -2.27. The highest BCUT2D eigenvalue weighted by Crippen LogP contribution is 2.03. The first kappa shape index (κ1) is 14.3. The molecule has 1 aromatic heterocycles. The zero-order chi connectivity index (χ0) is 14.2. The fourth-order valence-electron chi connectivity index (χ4n) is 2.02. The van der Waals surface area contributed by atoms with Crippen LogP contribution in [0.2, 0.25) is 0 Å². The first-order chi connectivity index (χ1) is 9.75. The summed E-state index contributed by atoms with van der Waals surface area (Å²) in [6, 6.07) is 13.7. The van der Waals surface area contributed by atoms with Gasteiger partial charge in [0.05, 0.1) is 6.26 Å². The Morgan fingerprint density at radius 2 is 2.00 bits per heavy atom. The SMILES string of the molecule is CN(CCCNC(=O)c1ccco1)Cc1ccccc1. The molecule has 0 saturated heterocycles. The maximum Gasteiger partial charge on any atom is 0.286 e. The topological polar surface area (TPSA) is 45.5 Å². The molecule has 0 bridgehead atoms. The lowest BCUT2D eigenvalue weighted by molar-refractivity contribution is 0.0924. The van der Waals surface area contributed by atoms with E-state index < -0.39 is 0 Å². The van der Waals surface area contributed by atoms with Crippen molar-refractivity contribution < 1.29 is 9.21 Å². The maximum atomic E-state index is 11.6. The summed E-state index contributed by atoms with van der Waals surface area (Å²) in [6.45, 7) is 2.51. The van der Waals surface area contributed by atoms with Crippen molar-refractivity contribution in [2.75, 3.05) is 20.1 Å². The van der Waals surface area contributed by atoms with Gasteiger partial charge in [-0.3, -0.25) is 4.79 Å². The van der Waals surface area contributed by atoms with Crippen molar-refractivity contribution in [1.29, 1.82) is 0 Å². The van der Waals surface area contributed by atoms with Gasteiger partial charge in [0.25, 0.3) is 5.91 Å². The van der Waals surface area contributed by atoms with Crippen LogP contribution < -0.4 is 5.32 Å². The molecular weight excluding hydrogens is 252 g/mol. The van der Waals surface area contributed by atoms with Gasteiger partial charge in [0.15, 0.2) is 5.76 Å². The second kappa shape index (κ2) is 7.50. The number of amides is 1. The van der Waals surface area contributed by atoms with Gasteiger partial charge in [-0.1, -0.05) is 30.3 Å². The third-order valence-electron chi connectivity index (χ3n) is 3.04. The molecule has 0 aliphatic heterocycles. The highest BCUT2D eigenvalue weighted by molar-refractivity contribution is 5.91. The number of carbonyl (C=O) groups is 1. The smallest absolute Gasteiger partial charge is 0.286 e. The van der Waals surface area contributed by atoms with Crippen LogP contribution in [-0.4, -0.2) is 30.9 Å². The molecule has 2 aromatic rings. The Kier molecular flexibility index (Phi) is 5.38. The largest absolute Gasteiger partial charge is 0.459 e. The van der Waals surface area contributed by atoms with E-state index in [0.717, 1.165) is 19.5 Å². The van der Waals surface area contributed by atoms with Crippen LogP contribution in [0.15, 0.2) is 53.1 Å². The van der Waals surface area contributed by atoms with Gasteiger partial charge in [0, 0.05) is 13.1 Å². The minimum atomic E-state index is -0.152. The zero-order valence-corrected chi connectivity index (χ0v) is 11.7. The molecule has 0 atom stereocenters. The Hall–Kier alpha value is -2.07. The Morgan fingerprint density at radius 1 is 1.20 bits per heavy atom. The van der Waals surface area contributed by atoms with E-state index in [0.29, 0.717) is 12.3 Å². The van der Waals surface area contributed by atoms with Gasteiger partial charge in [-0.15, -0.1) is 0 Å². The third-order valence-corrected chi connectivity index (χ3v) is 3.04. The van der Waals surface area contributed by atoms with Gasteiger partial charge in [-0.2, -0.15) is 0 Å². The summed E-state index contributed by atoms with van der Waals surface area (Å²) in [5.74, 6) is 0.211. The monoisotopic (exact) mass is 272 g/mol. The molecule has 0 radical (unpaired) electrons. The lowest BCUT2D eigenvalue weighted by Gasteiger charge is -2.16. The number of benzene rings is 1.